The first kappa shape index (κ1) is 23.6. The highest BCUT2D eigenvalue weighted by atomic mass is 35.5. The van der Waals surface area contributed by atoms with Crippen LogP contribution < -0.4 is 15.8 Å². The summed E-state index contributed by atoms with van der Waals surface area (Å²) < 4.78 is 56.3. The maximum absolute atomic E-state index is 13.8. The Labute approximate surface area is 185 Å². The van der Waals surface area contributed by atoms with Crippen LogP contribution in [0.4, 0.5) is 22.4 Å². The zero-order valence-electron chi connectivity index (χ0n) is 16.7. The summed E-state index contributed by atoms with van der Waals surface area (Å²) >= 11 is 5.95. The van der Waals surface area contributed by atoms with Gasteiger partial charge in [0.15, 0.2) is 6.61 Å². The molecule has 3 N–H and O–H groups in total. The fraction of sp³-hybridized carbons (Fsp3) is 0.350. The smallest absolute Gasteiger partial charge is 0.422 e. The number of alkyl halides is 3. The first-order valence-corrected chi connectivity index (χ1v) is 9.77. The second-order valence-electron chi connectivity index (χ2n) is 7.33. The van der Waals surface area contributed by atoms with E-state index in [-0.39, 0.29) is 29.6 Å². The zero-order chi connectivity index (χ0) is 23.7. The standard InChI is InChI=1S/C20H19ClF4N4O3/c1-19(17(30)28-6-7-29(19)18(26)31)16(11-2-3-14(22)13(21)8-11)12-4-5-27-15(9-12)32-10-20(23,24)25/h2-5,8-9,16H,6-7,10H2,1H3,(H2,26,31)(H,28,30)/t16-,19?/m1/s1. The minimum absolute atomic E-state index is 0.0888. The first-order valence-electron chi connectivity index (χ1n) is 9.39. The third-order valence-corrected chi connectivity index (χ3v) is 5.51. The van der Waals surface area contributed by atoms with Crippen molar-refractivity contribution in [1.29, 1.82) is 0 Å². The molecule has 0 radical (unpaired) electrons. The number of nitrogens with one attached hydrogen (secondary N) is 1. The van der Waals surface area contributed by atoms with Crippen LogP contribution in [0, 0.1) is 5.82 Å². The molecule has 12 heteroatoms. The van der Waals surface area contributed by atoms with Gasteiger partial charge in [-0.15, -0.1) is 0 Å². The van der Waals surface area contributed by atoms with Crippen molar-refractivity contribution < 1.29 is 31.9 Å². The largest absolute Gasteiger partial charge is 0.468 e. The topological polar surface area (TPSA) is 97.6 Å². The zero-order valence-corrected chi connectivity index (χ0v) is 17.5. The molecule has 2 atom stereocenters. The molecule has 1 aromatic heterocycles. The van der Waals surface area contributed by atoms with Crippen LogP contribution in [-0.2, 0) is 4.79 Å². The Balaban J connectivity index is 2.17. The Kier molecular flexibility index (Phi) is 6.49. The summed E-state index contributed by atoms with van der Waals surface area (Å²) in [5.41, 5.74) is 4.53. The van der Waals surface area contributed by atoms with E-state index < -0.39 is 42.0 Å². The van der Waals surface area contributed by atoms with Gasteiger partial charge < -0.3 is 20.7 Å². The predicted molar refractivity (Wildman–Crippen MR) is 107 cm³/mol. The number of piperazine rings is 1. The van der Waals surface area contributed by atoms with Gasteiger partial charge in [-0.05, 0) is 36.2 Å². The van der Waals surface area contributed by atoms with E-state index in [4.69, 9.17) is 22.1 Å². The van der Waals surface area contributed by atoms with Crippen molar-refractivity contribution in [2.75, 3.05) is 19.7 Å². The molecule has 1 aliphatic rings. The maximum atomic E-state index is 13.8. The van der Waals surface area contributed by atoms with Gasteiger partial charge in [0.1, 0.15) is 11.4 Å². The average Bonchev–Trinajstić information content (AvgIpc) is 2.71. The maximum Gasteiger partial charge on any atom is 0.422 e. The summed E-state index contributed by atoms with van der Waals surface area (Å²) in [5, 5.41) is 2.44. The Hall–Kier alpha value is -3.08. The van der Waals surface area contributed by atoms with E-state index in [0.717, 1.165) is 11.0 Å². The number of halogens is 5. The van der Waals surface area contributed by atoms with Crippen LogP contribution in [0.5, 0.6) is 5.88 Å². The van der Waals surface area contributed by atoms with E-state index in [9.17, 15) is 27.2 Å². The molecule has 7 nitrogen and oxygen atoms in total. The van der Waals surface area contributed by atoms with Crippen molar-refractivity contribution in [3.8, 4) is 5.88 Å². The number of hydrogen-bond donors (Lipinski definition) is 2. The Bertz CT molecular complexity index is 1040. The third kappa shape index (κ3) is 4.72. The molecule has 1 fully saturated rings. The molecule has 0 bridgehead atoms. The van der Waals surface area contributed by atoms with Crippen molar-refractivity contribution >= 4 is 23.5 Å². The number of amides is 3. The minimum Gasteiger partial charge on any atom is -0.468 e. The van der Waals surface area contributed by atoms with Gasteiger partial charge in [0.2, 0.25) is 11.8 Å². The second kappa shape index (κ2) is 8.81. The second-order valence-corrected chi connectivity index (χ2v) is 7.74. The summed E-state index contributed by atoms with van der Waals surface area (Å²) in [4.78, 5) is 30.2. The molecular formula is C20H19ClF4N4O3. The van der Waals surface area contributed by atoms with E-state index in [1.165, 1.54) is 37.4 Å². The summed E-state index contributed by atoms with van der Waals surface area (Å²) in [5.74, 6) is -2.60. The molecule has 1 aromatic carbocycles. The van der Waals surface area contributed by atoms with Gasteiger partial charge in [-0.2, -0.15) is 13.2 Å². The van der Waals surface area contributed by atoms with Crippen molar-refractivity contribution in [3.63, 3.8) is 0 Å². The molecule has 0 spiro atoms. The Morgan fingerprint density at radius 1 is 1.34 bits per heavy atom. The fourth-order valence-electron chi connectivity index (χ4n) is 3.81. The SMILES string of the molecule is CC1([C@@H](c2ccnc(OCC(F)(F)F)c2)c2ccc(F)c(Cl)c2)C(=O)NCCN1C(N)=O. The molecule has 2 heterocycles. The van der Waals surface area contributed by atoms with E-state index >= 15 is 0 Å². The van der Waals surface area contributed by atoms with Crippen LogP contribution >= 0.6 is 11.6 Å². The number of carbonyl (C=O) groups excluding carboxylic acids is 2. The lowest BCUT2D eigenvalue weighted by atomic mass is 9.73. The highest BCUT2D eigenvalue weighted by molar-refractivity contribution is 6.30. The number of carbonyl (C=O) groups is 2. The molecule has 32 heavy (non-hydrogen) atoms. The fourth-order valence-corrected chi connectivity index (χ4v) is 4.00. The van der Waals surface area contributed by atoms with E-state index in [1.54, 1.807) is 0 Å². The van der Waals surface area contributed by atoms with Gasteiger partial charge in [-0.1, -0.05) is 17.7 Å². The van der Waals surface area contributed by atoms with E-state index in [1.807, 2.05) is 0 Å². The van der Waals surface area contributed by atoms with Crippen LogP contribution in [0.1, 0.15) is 24.0 Å². The highest BCUT2D eigenvalue weighted by Gasteiger charge is 2.51. The predicted octanol–water partition coefficient (Wildman–Crippen LogP) is 3.22. The van der Waals surface area contributed by atoms with Crippen LogP contribution in [-0.4, -0.2) is 53.2 Å². The number of ether oxygens (including phenoxy) is 1. The van der Waals surface area contributed by atoms with Gasteiger partial charge in [0.05, 0.1) is 5.02 Å². The molecular weight excluding hydrogens is 456 g/mol. The molecule has 2 aromatic rings. The average molecular weight is 475 g/mol. The number of hydrogen-bond acceptors (Lipinski definition) is 4. The molecule has 1 saturated heterocycles. The molecule has 0 aliphatic carbocycles. The van der Waals surface area contributed by atoms with Gasteiger partial charge >= 0.3 is 12.2 Å². The number of nitrogens with two attached hydrogens (primary N) is 1. The van der Waals surface area contributed by atoms with E-state index in [2.05, 4.69) is 10.3 Å². The molecule has 1 unspecified atom stereocenters. The summed E-state index contributed by atoms with van der Waals surface area (Å²) in [6, 6.07) is 5.54. The van der Waals surface area contributed by atoms with Crippen LogP contribution in [0.2, 0.25) is 5.02 Å². The normalized spacial score (nSPS) is 19.9. The molecule has 3 rings (SSSR count). The van der Waals surface area contributed by atoms with Crippen molar-refractivity contribution in [3.05, 3.63) is 58.5 Å². The quantitative estimate of drug-likeness (QED) is 0.650. The summed E-state index contributed by atoms with van der Waals surface area (Å²) in [6.45, 7) is 0.141. The van der Waals surface area contributed by atoms with E-state index in [0.29, 0.717) is 5.56 Å². The molecule has 1 aliphatic heterocycles. The van der Waals surface area contributed by atoms with Crippen molar-refractivity contribution in [2.45, 2.75) is 24.6 Å². The van der Waals surface area contributed by atoms with Crippen LogP contribution in [0.25, 0.3) is 0 Å². The van der Waals surface area contributed by atoms with Gasteiger partial charge in [0.25, 0.3) is 0 Å². The monoisotopic (exact) mass is 474 g/mol. The molecule has 3 amide bonds. The molecule has 0 saturated carbocycles. The Morgan fingerprint density at radius 3 is 2.66 bits per heavy atom. The van der Waals surface area contributed by atoms with Gasteiger partial charge in [-0.3, -0.25) is 4.79 Å². The van der Waals surface area contributed by atoms with Crippen LogP contribution in [0.3, 0.4) is 0 Å². The van der Waals surface area contributed by atoms with Crippen LogP contribution in [0.15, 0.2) is 36.5 Å². The number of pyridine rings is 1. The summed E-state index contributed by atoms with van der Waals surface area (Å²) in [7, 11) is 0. The number of nitrogens with zero attached hydrogens (tertiary/aromatic N) is 2. The number of aromatic nitrogens is 1. The lowest BCUT2D eigenvalue weighted by Gasteiger charge is -2.47. The van der Waals surface area contributed by atoms with Gasteiger partial charge in [0, 0.05) is 31.3 Å². The lowest BCUT2D eigenvalue weighted by molar-refractivity contribution is -0.154. The minimum atomic E-state index is -4.58. The molecule has 172 valence electrons. The number of rotatable bonds is 5. The van der Waals surface area contributed by atoms with Gasteiger partial charge in [-0.25, -0.2) is 14.2 Å². The Morgan fingerprint density at radius 2 is 2.03 bits per heavy atom. The van der Waals surface area contributed by atoms with Crippen molar-refractivity contribution in [2.24, 2.45) is 5.73 Å². The number of urea groups is 1. The first-order chi connectivity index (χ1) is 14.9. The third-order valence-electron chi connectivity index (χ3n) is 5.22. The lowest BCUT2D eigenvalue weighted by Crippen LogP contribution is -2.68. The summed E-state index contributed by atoms with van der Waals surface area (Å²) in [6.07, 6.45) is -3.38. The highest BCUT2D eigenvalue weighted by Crippen LogP contribution is 2.42. The number of primary amides is 1. The number of benzene rings is 1. The van der Waals surface area contributed by atoms with Crippen molar-refractivity contribution in [1.82, 2.24) is 15.2 Å².